The zero-order valence-corrected chi connectivity index (χ0v) is 25.4. The quantitative estimate of drug-likeness (QED) is 0.329. The number of rotatable bonds is 7. The number of amides is 1. The average molecular weight is 645 g/mol. The van der Waals surface area contributed by atoms with E-state index in [0.29, 0.717) is 24.8 Å². The zero-order valence-electron chi connectivity index (χ0n) is 23.3. The van der Waals surface area contributed by atoms with E-state index >= 15 is 0 Å². The Morgan fingerprint density at radius 3 is 2.62 bits per heavy atom. The number of piperazine rings is 1. The highest BCUT2D eigenvalue weighted by atomic mass is 127. The maximum atomic E-state index is 12.8. The third-order valence-corrected chi connectivity index (χ3v) is 8.31. The van der Waals surface area contributed by atoms with Crippen molar-refractivity contribution in [1.82, 2.24) is 30.0 Å². The SMILES string of the molecule is Cc1cc(OC(CN2CCN(C(=O)OC(C)(C)C)[C@H](C)C2)c2ccc(C3CC3)cn2)c(-c2ncn[nH]2)cc1I. The van der Waals surface area contributed by atoms with Gasteiger partial charge in [0.1, 0.15) is 17.7 Å². The molecule has 2 atom stereocenters. The summed E-state index contributed by atoms with van der Waals surface area (Å²) in [6.07, 6.45) is 5.42. The molecule has 0 spiro atoms. The number of nitrogens with zero attached hydrogens (tertiary/aromatic N) is 5. The average Bonchev–Trinajstić information content (AvgIpc) is 3.58. The van der Waals surface area contributed by atoms with Crippen molar-refractivity contribution < 1.29 is 14.3 Å². The van der Waals surface area contributed by atoms with Crippen molar-refractivity contribution in [3.63, 3.8) is 0 Å². The lowest BCUT2D eigenvalue weighted by atomic mass is 10.1. The molecule has 1 aromatic carbocycles. The fourth-order valence-electron chi connectivity index (χ4n) is 4.91. The first-order chi connectivity index (χ1) is 18.6. The van der Waals surface area contributed by atoms with Crippen LogP contribution in [0.5, 0.6) is 5.75 Å². The van der Waals surface area contributed by atoms with Gasteiger partial charge in [-0.3, -0.25) is 15.0 Å². The molecule has 39 heavy (non-hydrogen) atoms. The number of benzene rings is 1. The first-order valence-electron chi connectivity index (χ1n) is 13.6. The Bertz CT molecular complexity index is 1290. The molecule has 2 aliphatic rings. The number of aromatic amines is 1. The number of carbonyl (C=O) groups excluding carboxylic acids is 1. The Morgan fingerprint density at radius 1 is 1.21 bits per heavy atom. The second kappa shape index (κ2) is 11.4. The van der Waals surface area contributed by atoms with E-state index in [0.717, 1.165) is 39.2 Å². The second-order valence-electron chi connectivity index (χ2n) is 11.6. The summed E-state index contributed by atoms with van der Waals surface area (Å²) in [5.74, 6) is 2.05. The van der Waals surface area contributed by atoms with Crippen LogP contribution in [0.4, 0.5) is 4.79 Å². The van der Waals surface area contributed by atoms with Gasteiger partial charge in [-0.25, -0.2) is 9.78 Å². The van der Waals surface area contributed by atoms with Gasteiger partial charge >= 0.3 is 6.09 Å². The topological polar surface area (TPSA) is 96.5 Å². The van der Waals surface area contributed by atoms with Crippen LogP contribution in [0.25, 0.3) is 11.4 Å². The normalized spacial score (nSPS) is 19.1. The van der Waals surface area contributed by atoms with E-state index in [1.807, 2.05) is 31.9 Å². The van der Waals surface area contributed by atoms with Crippen LogP contribution in [0.15, 0.2) is 36.8 Å². The fourth-order valence-corrected chi connectivity index (χ4v) is 5.37. The van der Waals surface area contributed by atoms with Crippen molar-refractivity contribution in [2.75, 3.05) is 26.2 Å². The molecule has 2 aromatic heterocycles. The molecule has 5 rings (SSSR count). The van der Waals surface area contributed by atoms with Gasteiger partial charge in [-0.05, 0) is 105 Å². The van der Waals surface area contributed by atoms with Crippen LogP contribution in [0.1, 0.15) is 69.4 Å². The molecule has 1 aliphatic heterocycles. The molecule has 1 saturated carbocycles. The molecular weight excluding hydrogens is 607 g/mol. The molecule has 3 heterocycles. The van der Waals surface area contributed by atoms with Crippen LogP contribution >= 0.6 is 22.6 Å². The van der Waals surface area contributed by atoms with Crippen molar-refractivity contribution in [2.24, 2.45) is 0 Å². The van der Waals surface area contributed by atoms with Gasteiger partial charge in [0.2, 0.25) is 0 Å². The van der Waals surface area contributed by atoms with E-state index in [2.05, 4.69) is 80.8 Å². The lowest BCUT2D eigenvalue weighted by Gasteiger charge is -2.41. The monoisotopic (exact) mass is 644 g/mol. The van der Waals surface area contributed by atoms with Crippen LogP contribution in [0, 0.1) is 10.5 Å². The predicted octanol–water partition coefficient (Wildman–Crippen LogP) is 5.72. The Labute approximate surface area is 243 Å². The van der Waals surface area contributed by atoms with Crippen molar-refractivity contribution in [2.45, 2.75) is 71.1 Å². The van der Waals surface area contributed by atoms with Crippen LogP contribution < -0.4 is 4.74 Å². The molecular formula is C29H37IN6O3. The molecule has 208 valence electrons. The van der Waals surface area contributed by atoms with E-state index in [4.69, 9.17) is 14.5 Å². The Morgan fingerprint density at radius 2 is 2.00 bits per heavy atom. The van der Waals surface area contributed by atoms with Crippen LogP contribution in [0.2, 0.25) is 0 Å². The zero-order chi connectivity index (χ0) is 27.7. The van der Waals surface area contributed by atoms with E-state index in [9.17, 15) is 4.79 Å². The number of carbonyl (C=O) groups is 1. The van der Waals surface area contributed by atoms with E-state index < -0.39 is 5.60 Å². The van der Waals surface area contributed by atoms with E-state index in [1.165, 1.54) is 24.7 Å². The summed E-state index contributed by atoms with van der Waals surface area (Å²) in [7, 11) is 0. The van der Waals surface area contributed by atoms with Crippen molar-refractivity contribution >= 4 is 28.7 Å². The second-order valence-corrected chi connectivity index (χ2v) is 12.8. The van der Waals surface area contributed by atoms with E-state index in [1.54, 1.807) is 0 Å². The number of ether oxygens (including phenoxy) is 2. The highest BCUT2D eigenvalue weighted by Gasteiger charge is 2.33. The van der Waals surface area contributed by atoms with Gasteiger partial charge in [0, 0.05) is 42.0 Å². The Balaban J connectivity index is 1.38. The number of aromatic nitrogens is 4. The number of H-pyrrole nitrogens is 1. The summed E-state index contributed by atoms with van der Waals surface area (Å²) in [6.45, 7) is 12.5. The van der Waals surface area contributed by atoms with Crippen LogP contribution in [-0.2, 0) is 4.74 Å². The number of hydrogen-bond donors (Lipinski definition) is 1. The minimum atomic E-state index is -0.516. The molecule has 1 saturated heterocycles. The van der Waals surface area contributed by atoms with Crippen molar-refractivity contribution in [1.29, 1.82) is 0 Å². The van der Waals surface area contributed by atoms with Gasteiger partial charge in [-0.2, -0.15) is 5.10 Å². The van der Waals surface area contributed by atoms with Gasteiger partial charge in [-0.1, -0.05) is 6.07 Å². The molecule has 0 radical (unpaired) electrons. The van der Waals surface area contributed by atoms with Crippen LogP contribution in [-0.4, -0.2) is 73.9 Å². The minimum absolute atomic E-state index is 0.0183. The molecule has 10 heteroatoms. The molecule has 1 N–H and O–H groups in total. The lowest BCUT2D eigenvalue weighted by molar-refractivity contribution is -0.00313. The number of hydrogen-bond acceptors (Lipinski definition) is 7. The van der Waals surface area contributed by atoms with Crippen LogP contribution in [0.3, 0.4) is 0 Å². The Kier molecular flexibility index (Phi) is 8.14. The first kappa shape index (κ1) is 27.8. The highest BCUT2D eigenvalue weighted by molar-refractivity contribution is 14.1. The maximum Gasteiger partial charge on any atom is 0.410 e. The molecule has 1 aliphatic carbocycles. The number of aryl methyl sites for hydroxylation is 1. The summed E-state index contributed by atoms with van der Waals surface area (Å²) in [5.41, 5.74) is 3.67. The number of nitrogens with one attached hydrogen (secondary N) is 1. The summed E-state index contributed by atoms with van der Waals surface area (Å²) < 4.78 is 13.5. The van der Waals surface area contributed by atoms with Crippen molar-refractivity contribution in [3.05, 3.63) is 57.2 Å². The third-order valence-electron chi connectivity index (χ3n) is 7.15. The van der Waals surface area contributed by atoms with Gasteiger partial charge < -0.3 is 14.4 Å². The molecule has 2 fully saturated rings. The fraction of sp³-hybridized carbons (Fsp3) is 0.517. The molecule has 1 amide bonds. The predicted molar refractivity (Wildman–Crippen MR) is 158 cm³/mol. The number of pyridine rings is 1. The highest BCUT2D eigenvalue weighted by Crippen LogP contribution is 2.40. The Hall–Kier alpha value is -2.73. The number of halogens is 1. The van der Waals surface area contributed by atoms with Gasteiger partial charge in [0.25, 0.3) is 0 Å². The third kappa shape index (κ3) is 6.89. The van der Waals surface area contributed by atoms with Crippen molar-refractivity contribution in [3.8, 4) is 17.1 Å². The molecule has 1 unspecified atom stereocenters. The largest absolute Gasteiger partial charge is 0.482 e. The lowest BCUT2D eigenvalue weighted by Crippen LogP contribution is -2.55. The minimum Gasteiger partial charge on any atom is -0.482 e. The standard InChI is InChI=1S/C29H37IN6O3/c1-18-12-25(22(13-23(18)30)27-32-17-33-34-27)38-26(24-9-8-21(14-31-24)20-6-7-20)16-35-10-11-36(19(2)15-35)28(37)39-29(3,4)5/h8-9,12-14,17,19-20,26H,6-7,10-11,15-16H2,1-5H3,(H,32,33,34)/t19-,26?/m1/s1. The van der Waals surface area contributed by atoms with Gasteiger partial charge in [0.15, 0.2) is 11.9 Å². The van der Waals surface area contributed by atoms with Gasteiger partial charge in [0.05, 0.1) is 11.3 Å². The first-order valence-corrected chi connectivity index (χ1v) is 14.7. The molecule has 9 nitrogen and oxygen atoms in total. The van der Waals surface area contributed by atoms with Gasteiger partial charge in [-0.15, -0.1) is 0 Å². The molecule has 0 bridgehead atoms. The summed E-state index contributed by atoms with van der Waals surface area (Å²) in [6, 6.07) is 8.45. The maximum absolute atomic E-state index is 12.8. The summed E-state index contributed by atoms with van der Waals surface area (Å²) in [5, 5.41) is 7.03. The van der Waals surface area contributed by atoms with E-state index in [-0.39, 0.29) is 18.2 Å². The summed E-state index contributed by atoms with van der Waals surface area (Å²) in [4.78, 5) is 26.2. The molecule has 3 aromatic rings. The smallest absolute Gasteiger partial charge is 0.410 e. The summed E-state index contributed by atoms with van der Waals surface area (Å²) >= 11 is 2.33.